The monoisotopic (exact) mass is 501 g/mol. The minimum absolute atomic E-state index is 0.0242. The SMILES string of the molecule is CCCCN(C)S(=O)(=O)c1ccc(C(=O)N2CCC(Oc3nc4c(C)cccc4s3)CC2)cc1. The zero-order valence-corrected chi connectivity index (χ0v) is 21.5. The fourth-order valence-electron chi connectivity index (χ4n) is 4.07. The summed E-state index contributed by atoms with van der Waals surface area (Å²) in [7, 11) is -1.95. The van der Waals surface area contributed by atoms with Crippen molar-refractivity contribution in [1.29, 1.82) is 0 Å². The van der Waals surface area contributed by atoms with Gasteiger partial charge >= 0.3 is 0 Å². The number of nitrogens with zero attached hydrogens (tertiary/aromatic N) is 3. The lowest BCUT2D eigenvalue weighted by molar-refractivity contribution is 0.0595. The summed E-state index contributed by atoms with van der Waals surface area (Å²) in [5.41, 5.74) is 2.61. The fourth-order valence-corrected chi connectivity index (χ4v) is 6.24. The molecule has 2 heterocycles. The molecule has 0 radical (unpaired) electrons. The number of unbranched alkanes of at least 4 members (excludes halogenated alkanes) is 1. The van der Waals surface area contributed by atoms with Crippen LogP contribution in [0.4, 0.5) is 0 Å². The molecule has 3 aromatic rings. The van der Waals surface area contributed by atoms with Crippen molar-refractivity contribution in [2.45, 2.75) is 50.5 Å². The van der Waals surface area contributed by atoms with E-state index in [0.29, 0.717) is 30.4 Å². The van der Waals surface area contributed by atoms with Gasteiger partial charge in [-0.15, -0.1) is 0 Å². The highest BCUT2D eigenvalue weighted by molar-refractivity contribution is 7.89. The summed E-state index contributed by atoms with van der Waals surface area (Å²) in [6.07, 6.45) is 3.22. The number of aromatic nitrogens is 1. The third-order valence-electron chi connectivity index (χ3n) is 6.23. The summed E-state index contributed by atoms with van der Waals surface area (Å²) >= 11 is 1.55. The number of piperidine rings is 1. The molecule has 9 heteroatoms. The van der Waals surface area contributed by atoms with Crippen LogP contribution in [0.2, 0.25) is 0 Å². The number of rotatable bonds is 8. The molecule has 1 aliphatic heterocycles. The van der Waals surface area contributed by atoms with Crippen LogP contribution in [-0.4, -0.2) is 61.3 Å². The van der Waals surface area contributed by atoms with E-state index in [1.165, 1.54) is 16.4 Å². The minimum atomic E-state index is -3.54. The van der Waals surface area contributed by atoms with Gasteiger partial charge in [-0.1, -0.05) is 36.8 Å². The van der Waals surface area contributed by atoms with Gasteiger partial charge in [0.15, 0.2) is 0 Å². The molecular weight excluding hydrogens is 470 g/mol. The number of sulfonamides is 1. The molecule has 34 heavy (non-hydrogen) atoms. The number of fused-ring (bicyclic) bond motifs is 1. The summed E-state index contributed by atoms with van der Waals surface area (Å²) in [6, 6.07) is 12.4. The van der Waals surface area contributed by atoms with Crippen molar-refractivity contribution in [3.8, 4) is 5.19 Å². The lowest BCUT2D eigenvalue weighted by Gasteiger charge is -2.31. The van der Waals surface area contributed by atoms with E-state index in [0.717, 1.165) is 41.5 Å². The first-order chi connectivity index (χ1) is 16.3. The Labute approximate surface area is 205 Å². The molecule has 1 aromatic heterocycles. The molecule has 0 bridgehead atoms. The Morgan fingerprint density at radius 3 is 2.53 bits per heavy atom. The Morgan fingerprint density at radius 1 is 1.18 bits per heavy atom. The van der Waals surface area contributed by atoms with Gasteiger partial charge in [-0.2, -0.15) is 0 Å². The maximum absolute atomic E-state index is 13.0. The highest BCUT2D eigenvalue weighted by Gasteiger charge is 2.26. The van der Waals surface area contributed by atoms with Gasteiger partial charge in [-0.05, 0) is 49.2 Å². The van der Waals surface area contributed by atoms with Gasteiger partial charge in [-0.25, -0.2) is 17.7 Å². The van der Waals surface area contributed by atoms with Gasteiger partial charge in [0.25, 0.3) is 11.1 Å². The minimum Gasteiger partial charge on any atom is -0.467 e. The second kappa shape index (κ2) is 10.4. The van der Waals surface area contributed by atoms with Gasteiger partial charge in [0.05, 0.1) is 15.1 Å². The van der Waals surface area contributed by atoms with Crippen molar-refractivity contribution in [2.24, 2.45) is 0 Å². The Morgan fingerprint density at radius 2 is 1.88 bits per heavy atom. The van der Waals surface area contributed by atoms with Crippen LogP contribution in [0.15, 0.2) is 47.4 Å². The van der Waals surface area contributed by atoms with E-state index in [1.54, 1.807) is 35.4 Å². The Hall–Kier alpha value is -2.49. The van der Waals surface area contributed by atoms with Crippen LogP contribution >= 0.6 is 11.3 Å². The highest BCUT2D eigenvalue weighted by Crippen LogP contribution is 2.31. The maximum atomic E-state index is 13.0. The van der Waals surface area contributed by atoms with E-state index in [2.05, 4.69) is 4.98 Å². The first-order valence-electron chi connectivity index (χ1n) is 11.7. The molecular formula is C25H31N3O4S2. The topological polar surface area (TPSA) is 79.8 Å². The normalized spacial score (nSPS) is 15.2. The highest BCUT2D eigenvalue weighted by atomic mass is 32.2. The maximum Gasteiger partial charge on any atom is 0.274 e. The molecule has 1 saturated heterocycles. The number of hydrogen-bond acceptors (Lipinski definition) is 6. The Kier molecular flexibility index (Phi) is 7.54. The van der Waals surface area contributed by atoms with E-state index in [4.69, 9.17) is 4.74 Å². The smallest absolute Gasteiger partial charge is 0.274 e. The van der Waals surface area contributed by atoms with Crippen molar-refractivity contribution in [2.75, 3.05) is 26.7 Å². The van der Waals surface area contributed by atoms with Gasteiger partial charge in [0.2, 0.25) is 10.0 Å². The fraction of sp³-hybridized carbons (Fsp3) is 0.440. The lowest BCUT2D eigenvalue weighted by atomic mass is 10.1. The Bertz CT molecular complexity index is 1250. The zero-order chi connectivity index (χ0) is 24.3. The molecule has 1 fully saturated rings. The molecule has 0 unspecified atom stereocenters. The number of aryl methyl sites for hydroxylation is 1. The third-order valence-corrected chi connectivity index (χ3v) is 9.02. The average Bonchev–Trinajstić information content (AvgIpc) is 3.26. The van der Waals surface area contributed by atoms with Crippen LogP contribution in [0, 0.1) is 6.92 Å². The predicted octanol–water partition coefficient (Wildman–Crippen LogP) is 4.71. The number of carbonyl (C=O) groups excluding carboxylic acids is 1. The molecule has 1 aliphatic rings. The quantitative estimate of drug-likeness (QED) is 0.447. The van der Waals surface area contributed by atoms with Crippen molar-refractivity contribution in [3.05, 3.63) is 53.6 Å². The first-order valence-corrected chi connectivity index (χ1v) is 13.9. The molecule has 0 spiro atoms. The summed E-state index contributed by atoms with van der Waals surface area (Å²) in [4.78, 5) is 19.6. The van der Waals surface area contributed by atoms with Crippen LogP contribution in [-0.2, 0) is 10.0 Å². The van der Waals surface area contributed by atoms with Gasteiger partial charge in [0, 0.05) is 45.1 Å². The molecule has 182 valence electrons. The number of benzene rings is 2. The van der Waals surface area contributed by atoms with Crippen LogP contribution in [0.25, 0.3) is 10.2 Å². The number of para-hydroxylation sites is 1. The number of likely N-dealkylation sites (tertiary alicyclic amines) is 1. The summed E-state index contributed by atoms with van der Waals surface area (Å²) in [6.45, 7) is 5.73. The van der Waals surface area contributed by atoms with E-state index >= 15 is 0 Å². The van der Waals surface area contributed by atoms with Crippen LogP contribution < -0.4 is 4.74 Å². The molecule has 0 N–H and O–H groups in total. The number of ether oxygens (including phenoxy) is 1. The van der Waals surface area contributed by atoms with E-state index in [1.807, 2.05) is 32.0 Å². The van der Waals surface area contributed by atoms with E-state index < -0.39 is 10.0 Å². The van der Waals surface area contributed by atoms with Gasteiger partial charge in [-0.3, -0.25) is 4.79 Å². The molecule has 0 atom stereocenters. The second-order valence-corrected chi connectivity index (χ2v) is 11.8. The van der Waals surface area contributed by atoms with Crippen LogP contribution in [0.5, 0.6) is 5.19 Å². The zero-order valence-electron chi connectivity index (χ0n) is 19.9. The van der Waals surface area contributed by atoms with Crippen molar-refractivity contribution in [3.63, 3.8) is 0 Å². The predicted molar refractivity (Wildman–Crippen MR) is 135 cm³/mol. The molecule has 0 saturated carbocycles. The van der Waals surface area contributed by atoms with E-state index in [-0.39, 0.29) is 16.9 Å². The first kappa shape index (κ1) is 24.6. The Balaban J connectivity index is 1.34. The van der Waals surface area contributed by atoms with Crippen LogP contribution in [0.3, 0.4) is 0 Å². The summed E-state index contributed by atoms with van der Waals surface area (Å²) in [5.74, 6) is -0.0858. The van der Waals surface area contributed by atoms with Gasteiger partial charge in [0.1, 0.15) is 6.10 Å². The molecule has 2 aromatic carbocycles. The molecule has 4 rings (SSSR count). The van der Waals surface area contributed by atoms with Crippen molar-refractivity contribution < 1.29 is 17.9 Å². The molecule has 7 nitrogen and oxygen atoms in total. The second-order valence-electron chi connectivity index (χ2n) is 8.72. The largest absolute Gasteiger partial charge is 0.467 e. The number of carbonyl (C=O) groups is 1. The number of amides is 1. The summed E-state index contributed by atoms with van der Waals surface area (Å²) in [5, 5.41) is 0.676. The van der Waals surface area contributed by atoms with Crippen molar-refractivity contribution in [1.82, 2.24) is 14.2 Å². The third kappa shape index (κ3) is 5.26. The molecule has 0 aliphatic carbocycles. The number of hydrogen-bond donors (Lipinski definition) is 0. The van der Waals surface area contributed by atoms with Crippen LogP contribution in [0.1, 0.15) is 48.5 Å². The average molecular weight is 502 g/mol. The summed E-state index contributed by atoms with van der Waals surface area (Å²) < 4.78 is 34.0. The standard InChI is InChI=1S/C25H31N3O4S2/c1-4-5-15-27(3)34(30,31)21-11-9-19(10-12-21)24(29)28-16-13-20(14-17-28)32-25-26-23-18(2)7-6-8-22(23)33-25/h6-12,20H,4-5,13-17H2,1-3H3. The molecule has 1 amide bonds. The van der Waals surface area contributed by atoms with Gasteiger partial charge < -0.3 is 9.64 Å². The lowest BCUT2D eigenvalue weighted by Crippen LogP contribution is -2.41. The van der Waals surface area contributed by atoms with E-state index in [9.17, 15) is 13.2 Å². The van der Waals surface area contributed by atoms with Crippen molar-refractivity contribution >= 4 is 37.5 Å². The number of thiazole rings is 1.